The third kappa shape index (κ3) is 5.00. The lowest BCUT2D eigenvalue weighted by molar-refractivity contribution is -0.123. The SMILES string of the molecule is O=C(Nc1cccc(CNC(=O)C2CC(F)(F)CN2)c1)C1CCCCC1. The standard InChI is InChI=1S/C19H25F2N3O2/c20-19(21)10-16(23-12-19)18(26)22-11-13-5-4-8-15(9-13)24-17(25)14-6-2-1-3-7-14/h4-5,8-9,14,16,23H,1-3,6-7,10-12H2,(H,22,26)(H,24,25). The third-order valence-corrected chi connectivity index (χ3v) is 5.06. The van der Waals surface area contributed by atoms with Crippen molar-refractivity contribution in [3.05, 3.63) is 29.8 Å². The van der Waals surface area contributed by atoms with Crippen molar-refractivity contribution in [1.82, 2.24) is 10.6 Å². The summed E-state index contributed by atoms with van der Waals surface area (Å²) in [6, 6.07) is 6.38. The fourth-order valence-corrected chi connectivity index (χ4v) is 3.58. The van der Waals surface area contributed by atoms with Gasteiger partial charge in [-0.1, -0.05) is 31.4 Å². The average Bonchev–Trinajstić information content (AvgIpc) is 3.01. The van der Waals surface area contributed by atoms with E-state index in [2.05, 4.69) is 16.0 Å². The predicted octanol–water partition coefficient (Wildman–Crippen LogP) is 2.82. The lowest BCUT2D eigenvalue weighted by Crippen LogP contribution is -2.40. The molecule has 1 unspecified atom stereocenters. The van der Waals surface area contributed by atoms with Crippen molar-refractivity contribution in [3.8, 4) is 0 Å². The number of carbonyl (C=O) groups is 2. The molecule has 1 aromatic rings. The maximum absolute atomic E-state index is 13.2. The number of nitrogens with one attached hydrogen (secondary N) is 3. The van der Waals surface area contributed by atoms with Crippen LogP contribution in [0.25, 0.3) is 0 Å². The average molecular weight is 365 g/mol. The zero-order chi connectivity index (χ0) is 18.6. The second-order valence-electron chi connectivity index (χ2n) is 7.24. The van der Waals surface area contributed by atoms with E-state index in [1.807, 2.05) is 12.1 Å². The number of carbonyl (C=O) groups excluding carboxylic acids is 2. The molecular weight excluding hydrogens is 340 g/mol. The van der Waals surface area contributed by atoms with Gasteiger partial charge in [-0.25, -0.2) is 8.78 Å². The molecule has 2 fully saturated rings. The van der Waals surface area contributed by atoms with Crippen LogP contribution in [0.3, 0.4) is 0 Å². The van der Waals surface area contributed by atoms with Crippen LogP contribution in [-0.2, 0) is 16.1 Å². The van der Waals surface area contributed by atoms with Crippen LogP contribution in [0, 0.1) is 5.92 Å². The highest BCUT2D eigenvalue weighted by Crippen LogP contribution is 2.26. The summed E-state index contributed by atoms with van der Waals surface area (Å²) in [4.78, 5) is 24.3. The maximum atomic E-state index is 13.2. The Labute approximate surface area is 151 Å². The van der Waals surface area contributed by atoms with Crippen molar-refractivity contribution in [3.63, 3.8) is 0 Å². The topological polar surface area (TPSA) is 70.2 Å². The second kappa shape index (κ2) is 8.12. The number of amides is 2. The van der Waals surface area contributed by atoms with Gasteiger partial charge in [0.2, 0.25) is 11.8 Å². The Morgan fingerprint density at radius 2 is 1.92 bits per heavy atom. The van der Waals surface area contributed by atoms with Gasteiger partial charge in [-0.05, 0) is 30.5 Å². The van der Waals surface area contributed by atoms with Crippen LogP contribution >= 0.6 is 0 Å². The number of rotatable bonds is 5. The van der Waals surface area contributed by atoms with E-state index < -0.39 is 30.8 Å². The molecule has 1 aromatic carbocycles. The molecule has 1 heterocycles. The highest BCUT2D eigenvalue weighted by Gasteiger charge is 2.42. The van der Waals surface area contributed by atoms with Gasteiger partial charge in [-0.15, -0.1) is 0 Å². The van der Waals surface area contributed by atoms with Crippen LogP contribution in [0.5, 0.6) is 0 Å². The number of anilines is 1. The lowest BCUT2D eigenvalue weighted by atomic mass is 9.88. The number of halogens is 2. The van der Waals surface area contributed by atoms with E-state index >= 15 is 0 Å². The summed E-state index contributed by atoms with van der Waals surface area (Å²) < 4.78 is 26.3. The van der Waals surface area contributed by atoms with Crippen LogP contribution in [0.1, 0.15) is 44.1 Å². The van der Waals surface area contributed by atoms with E-state index in [1.54, 1.807) is 12.1 Å². The largest absolute Gasteiger partial charge is 0.351 e. The molecule has 3 N–H and O–H groups in total. The van der Waals surface area contributed by atoms with Crippen molar-refractivity contribution < 1.29 is 18.4 Å². The number of alkyl halides is 2. The summed E-state index contributed by atoms with van der Waals surface area (Å²) in [5, 5.41) is 8.16. The molecular formula is C19H25F2N3O2. The van der Waals surface area contributed by atoms with Gasteiger partial charge in [0.05, 0.1) is 12.6 Å². The monoisotopic (exact) mass is 365 g/mol. The quantitative estimate of drug-likeness (QED) is 0.751. The van der Waals surface area contributed by atoms with Crippen molar-refractivity contribution in [2.45, 2.75) is 57.0 Å². The Bertz CT molecular complexity index is 660. The first-order valence-corrected chi connectivity index (χ1v) is 9.22. The smallest absolute Gasteiger partial charge is 0.262 e. The zero-order valence-corrected chi connectivity index (χ0v) is 14.7. The summed E-state index contributed by atoms with van der Waals surface area (Å²) in [7, 11) is 0. The molecule has 7 heteroatoms. The second-order valence-corrected chi connectivity index (χ2v) is 7.24. The van der Waals surface area contributed by atoms with Gasteiger partial charge in [0.25, 0.3) is 5.92 Å². The van der Waals surface area contributed by atoms with Crippen molar-refractivity contribution in [2.24, 2.45) is 5.92 Å². The molecule has 0 bridgehead atoms. The normalized spacial score (nSPS) is 22.8. The summed E-state index contributed by atoms with van der Waals surface area (Å²) >= 11 is 0. The van der Waals surface area contributed by atoms with E-state index in [-0.39, 0.29) is 18.4 Å². The molecule has 1 saturated heterocycles. The molecule has 1 aliphatic carbocycles. The maximum Gasteiger partial charge on any atom is 0.262 e. The number of benzene rings is 1. The zero-order valence-electron chi connectivity index (χ0n) is 14.7. The Balaban J connectivity index is 1.51. The Hall–Kier alpha value is -2.02. The van der Waals surface area contributed by atoms with E-state index in [4.69, 9.17) is 0 Å². The minimum Gasteiger partial charge on any atom is -0.351 e. The fraction of sp³-hybridized carbons (Fsp3) is 0.579. The molecule has 1 aliphatic heterocycles. The van der Waals surface area contributed by atoms with Crippen LogP contribution in [-0.4, -0.2) is 30.3 Å². The van der Waals surface area contributed by atoms with Crippen LogP contribution in [0.2, 0.25) is 0 Å². The Morgan fingerprint density at radius 1 is 1.15 bits per heavy atom. The number of hydrogen-bond donors (Lipinski definition) is 3. The first-order chi connectivity index (χ1) is 12.4. The number of hydrogen-bond acceptors (Lipinski definition) is 3. The Morgan fingerprint density at radius 3 is 2.62 bits per heavy atom. The predicted molar refractivity (Wildman–Crippen MR) is 94.8 cm³/mol. The summed E-state index contributed by atoms with van der Waals surface area (Å²) in [6.07, 6.45) is 4.77. The van der Waals surface area contributed by atoms with Gasteiger partial charge in [0.15, 0.2) is 0 Å². The molecule has 3 rings (SSSR count). The molecule has 0 radical (unpaired) electrons. The van der Waals surface area contributed by atoms with Gasteiger partial charge in [0, 0.05) is 24.6 Å². The third-order valence-electron chi connectivity index (χ3n) is 5.06. The van der Waals surface area contributed by atoms with Crippen molar-refractivity contribution >= 4 is 17.5 Å². The minimum atomic E-state index is -2.83. The van der Waals surface area contributed by atoms with Gasteiger partial charge >= 0.3 is 0 Å². The summed E-state index contributed by atoms with van der Waals surface area (Å²) in [5.41, 5.74) is 1.50. The molecule has 2 amide bonds. The molecule has 1 saturated carbocycles. The summed E-state index contributed by atoms with van der Waals surface area (Å²) in [6.45, 7) is -0.233. The van der Waals surface area contributed by atoms with Gasteiger partial charge in [-0.3, -0.25) is 14.9 Å². The van der Waals surface area contributed by atoms with Gasteiger partial charge < -0.3 is 10.6 Å². The highest BCUT2D eigenvalue weighted by molar-refractivity contribution is 5.92. The first kappa shape index (κ1) is 18.8. The van der Waals surface area contributed by atoms with E-state index in [0.29, 0.717) is 5.69 Å². The molecule has 1 atom stereocenters. The van der Waals surface area contributed by atoms with E-state index in [1.165, 1.54) is 6.42 Å². The van der Waals surface area contributed by atoms with Gasteiger partial charge in [0.1, 0.15) is 0 Å². The van der Waals surface area contributed by atoms with Crippen molar-refractivity contribution in [1.29, 1.82) is 0 Å². The molecule has 142 valence electrons. The van der Waals surface area contributed by atoms with Crippen LogP contribution in [0.4, 0.5) is 14.5 Å². The highest BCUT2D eigenvalue weighted by atomic mass is 19.3. The molecule has 2 aliphatic rings. The van der Waals surface area contributed by atoms with Crippen molar-refractivity contribution in [2.75, 3.05) is 11.9 Å². The molecule has 0 aromatic heterocycles. The van der Waals surface area contributed by atoms with Crippen LogP contribution < -0.4 is 16.0 Å². The first-order valence-electron chi connectivity index (χ1n) is 9.22. The fourth-order valence-electron chi connectivity index (χ4n) is 3.58. The molecule has 5 nitrogen and oxygen atoms in total. The van der Waals surface area contributed by atoms with E-state index in [9.17, 15) is 18.4 Å². The minimum absolute atomic E-state index is 0.0447. The van der Waals surface area contributed by atoms with Gasteiger partial charge in [-0.2, -0.15) is 0 Å². The van der Waals surface area contributed by atoms with E-state index in [0.717, 1.165) is 31.2 Å². The Kier molecular flexibility index (Phi) is 5.86. The lowest BCUT2D eigenvalue weighted by Gasteiger charge is -2.21. The van der Waals surface area contributed by atoms with Crippen LogP contribution in [0.15, 0.2) is 24.3 Å². The summed E-state index contributed by atoms with van der Waals surface area (Å²) in [5.74, 6) is -3.14. The molecule has 0 spiro atoms. The molecule has 26 heavy (non-hydrogen) atoms.